The molecule has 1 saturated carbocycles. The van der Waals surface area contributed by atoms with Gasteiger partial charge in [0, 0.05) is 15.3 Å². The van der Waals surface area contributed by atoms with Gasteiger partial charge in [-0.05, 0) is 31.4 Å². The van der Waals surface area contributed by atoms with E-state index in [0.29, 0.717) is 6.61 Å². The van der Waals surface area contributed by atoms with Gasteiger partial charge >= 0.3 is 0 Å². The molecule has 0 aromatic carbocycles. The first-order valence-corrected chi connectivity index (χ1v) is 7.48. The van der Waals surface area contributed by atoms with Gasteiger partial charge in [0.25, 0.3) is 0 Å². The van der Waals surface area contributed by atoms with Crippen molar-refractivity contribution in [3.05, 3.63) is 21.9 Å². The summed E-state index contributed by atoms with van der Waals surface area (Å²) >= 11 is 1.85. The molecule has 0 radical (unpaired) electrons. The molecule has 0 atom stereocenters. The Morgan fingerprint density at radius 1 is 1.24 bits per heavy atom. The van der Waals surface area contributed by atoms with Crippen molar-refractivity contribution >= 4 is 11.3 Å². The lowest BCUT2D eigenvalue weighted by Gasteiger charge is -2.32. The molecule has 3 heteroatoms. The topological polar surface area (TPSA) is 35.2 Å². The van der Waals surface area contributed by atoms with Crippen LogP contribution in [0.5, 0.6) is 0 Å². The van der Waals surface area contributed by atoms with Crippen LogP contribution in [0.2, 0.25) is 0 Å². The van der Waals surface area contributed by atoms with Crippen LogP contribution < -0.4 is 5.73 Å². The first kappa shape index (κ1) is 13.1. The molecule has 2 rings (SSSR count). The van der Waals surface area contributed by atoms with E-state index in [1.807, 2.05) is 11.3 Å². The fourth-order valence-corrected chi connectivity index (χ4v) is 3.34. The van der Waals surface area contributed by atoms with E-state index in [1.54, 1.807) is 0 Å². The van der Waals surface area contributed by atoms with E-state index in [1.165, 1.54) is 29.0 Å². The molecule has 2 nitrogen and oxygen atoms in total. The molecule has 1 fully saturated rings. The Hall–Kier alpha value is -0.380. The number of hydrogen-bond donors (Lipinski definition) is 1. The lowest BCUT2D eigenvalue weighted by atomic mass is 9.83. The molecule has 0 unspecified atom stereocenters. The highest BCUT2D eigenvalue weighted by molar-refractivity contribution is 7.11. The van der Waals surface area contributed by atoms with Crippen LogP contribution in [0.25, 0.3) is 0 Å². The smallest absolute Gasteiger partial charge is 0.0810 e. The van der Waals surface area contributed by atoms with Crippen LogP contribution >= 0.6 is 11.3 Å². The summed E-state index contributed by atoms with van der Waals surface area (Å²) in [7, 11) is 0. The van der Waals surface area contributed by atoms with Gasteiger partial charge in [0.05, 0.1) is 13.2 Å². The molecule has 17 heavy (non-hydrogen) atoms. The zero-order valence-electron chi connectivity index (χ0n) is 10.7. The second kappa shape index (κ2) is 5.98. The minimum atomic E-state index is -0.0525. The van der Waals surface area contributed by atoms with Crippen molar-refractivity contribution in [2.75, 3.05) is 6.61 Å². The molecule has 1 aliphatic rings. The van der Waals surface area contributed by atoms with Crippen LogP contribution in [0.3, 0.4) is 0 Å². The average molecular weight is 253 g/mol. The Bertz CT molecular complexity index is 342. The normalized spacial score (nSPS) is 19.4. The SMILES string of the molecule is CCc1ccc(COCC2(N)CCCCC2)s1. The lowest BCUT2D eigenvalue weighted by molar-refractivity contribution is 0.0588. The summed E-state index contributed by atoms with van der Waals surface area (Å²) in [5.41, 5.74) is 6.28. The third kappa shape index (κ3) is 3.80. The molecular weight excluding hydrogens is 230 g/mol. The molecule has 0 bridgehead atoms. The van der Waals surface area contributed by atoms with Crippen LogP contribution in [-0.2, 0) is 17.8 Å². The largest absolute Gasteiger partial charge is 0.374 e. The fraction of sp³-hybridized carbons (Fsp3) is 0.714. The van der Waals surface area contributed by atoms with Crippen LogP contribution in [0.4, 0.5) is 0 Å². The maximum atomic E-state index is 6.33. The van der Waals surface area contributed by atoms with Crippen LogP contribution in [-0.4, -0.2) is 12.1 Å². The number of nitrogens with two attached hydrogens (primary N) is 1. The molecule has 0 spiro atoms. The Morgan fingerprint density at radius 2 is 1.94 bits per heavy atom. The second-order valence-electron chi connectivity index (χ2n) is 5.14. The molecule has 1 aliphatic carbocycles. The van der Waals surface area contributed by atoms with Crippen LogP contribution in [0, 0.1) is 0 Å². The minimum Gasteiger partial charge on any atom is -0.374 e. The zero-order valence-corrected chi connectivity index (χ0v) is 11.5. The van der Waals surface area contributed by atoms with Crippen molar-refractivity contribution < 1.29 is 4.74 Å². The van der Waals surface area contributed by atoms with Crippen molar-refractivity contribution in [1.82, 2.24) is 0 Å². The van der Waals surface area contributed by atoms with Crippen molar-refractivity contribution in [2.45, 2.75) is 57.6 Å². The Balaban J connectivity index is 1.74. The second-order valence-corrected chi connectivity index (χ2v) is 6.39. The van der Waals surface area contributed by atoms with E-state index in [0.717, 1.165) is 25.9 Å². The average Bonchev–Trinajstić information content (AvgIpc) is 2.78. The van der Waals surface area contributed by atoms with Crippen molar-refractivity contribution in [3.8, 4) is 0 Å². The van der Waals surface area contributed by atoms with E-state index >= 15 is 0 Å². The summed E-state index contributed by atoms with van der Waals surface area (Å²) in [5, 5.41) is 0. The van der Waals surface area contributed by atoms with Gasteiger partial charge in [-0.25, -0.2) is 0 Å². The summed E-state index contributed by atoms with van der Waals surface area (Å²) in [5.74, 6) is 0. The zero-order chi connectivity index (χ0) is 12.1. The monoisotopic (exact) mass is 253 g/mol. The van der Waals surface area contributed by atoms with Gasteiger partial charge in [-0.2, -0.15) is 0 Å². The van der Waals surface area contributed by atoms with Gasteiger partial charge in [0.15, 0.2) is 0 Å². The molecule has 0 saturated heterocycles. The third-order valence-corrected chi connectivity index (χ3v) is 4.75. The number of rotatable bonds is 5. The van der Waals surface area contributed by atoms with Crippen molar-refractivity contribution in [3.63, 3.8) is 0 Å². The molecular formula is C14H23NOS. The van der Waals surface area contributed by atoms with Gasteiger partial charge in [-0.1, -0.05) is 26.2 Å². The predicted molar refractivity (Wildman–Crippen MR) is 73.4 cm³/mol. The first-order chi connectivity index (χ1) is 8.22. The Kier molecular flexibility index (Phi) is 4.60. The highest BCUT2D eigenvalue weighted by atomic mass is 32.1. The number of hydrogen-bond acceptors (Lipinski definition) is 3. The van der Waals surface area contributed by atoms with Gasteiger partial charge < -0.3 is 10.5 Å². The molecule has 0 amide bonds. The molecule has 1 aromatic rings. The molecule has 0 aliphatic heterocycles. The molecule has 2 N–H and O–H groups in total. The van der Waals surface area contributed by atoms with Gasteiger partial charge in [-0.3, -0.25) is 0 Å². The highest BCUT2D eigenvalue weighted by Gasteiger charge is 2.27. The maximum absolute atomic E-state index is 6.33. The summed E-state index contributed by atoms with van der Waals surface area (Å²) < 4.78 is 5.81. The number of ether oxygens (including phenoxy) is 1. The third-order valence-electron chi connectivity index (χ3n) is 3.55. The molecule has 96 valence electrons. The maximum Gasteiger partial charge on any atom is 0.0810 e. The highest BCUT2D eigenvalue weighted by Crippen LogP contribution is 2.26. The summed E-state index contributed by atoms with van der Waals surface area (Å²) in [6, 6.07) is 4.37. The number of thiophene rings is 1. The van der Waals surface area contributed by atoms with Crippen LogP contribution in [0.15, 0.2) is 12.1 Å². The van der Waals surface area contributed by atoms with Crippen LogP contribution in [0.1, 0.15) is 48.8 Å². The van der Waals surface area contributed by atoms with Gasteiger partial charge in [0.2, 0.25) is 0 Å². The fourth-order valence-electron chi connectivity index (χ4n) is 2.45. The minimum absolute atomic E-state index is 0.0525. The predicted octanol–water partition coefficient (Wildman–Crippen LogP) is 3.49. The Labute approximate surface area is 108 Å². The number of aryl methyl sites for hydroxylation is 1. The summed E-state index contributed by atoms with van der Waals surface area (Å²) in [6.45, 7) is 3.63. The Morgan fingerprint density at radius 3 is 2.59 bits per heavy atom. The lowest BCUT2D eigenvalue weighted by Crippen LogP contribution is -2.46. The molecule has 1 heterocycles. The van der Waals surface area contributed by atoms with Gasteiger partial charge in [-0.15, -0.1) is 11.3 Å². The van der Waals surface area contributed by atoms with E-state index in [9.17, 15) is 0 Å². The summed E-state index contributed by atoms with van der Waals surface area (Å²) in [4.78, 5) is 2.75. The van der Waals surface area contributed by atoms with E-state index in [2.05, 4.69) is 19.1 Å². The summed E-state index contributed by atoms with van der Waals surface area (Å²) in [6.07, 6.45) is 7.22. The van der Waals surface area contributed by atoms with E-state index in [4.69, 9.17) is 10.5 Å². The van der Waals surface area contributed by atoms with E-state index in [-0.39, 0.29) is 5.54 Å². The first-order valence-electron chi connectivity index (χ1n) is 6.66. The van der Waals surface area contributed by atoms with Crippen molar-refractivity contribution in [1.29, 1.82) is 0 Å². The standard InChI is InChI=1S/C14H23NOS/c1-2-12-6-7-13(17-12)10-16-11-14(15)8-4-3-5-9-14/h6-7H,2-5,8-11,15H2,1H3. The van der Waals surface area contributed by atoms with Gasteiger partial charge in [0.1, 0.15) is 0 Å². The quantitative estimate of drug-likeness (QED) is 0.872. The van der Waals surface area contributed by atoms with E-state index < -0.39 is 0 Å². The van der Waals surface area contributed by atoms with Crippen molar-refractivity contribution in [2.24, 2.45) is 5.73 Å². The molecule has 1 aromatic heterocycles.